The van der Waals surface area contributed by atoms with Crippen molar-refractivity contribution in [2.75, 3.05) is 17.1 Å². The van der Waals surface area contributed by atoms with Gasteiger partial charge in [-0.25, -0.2) is 8.42 Å². The maximum Gasteiger partial charge on any atom is 0.263 e. The summed E-state index contributed by atoms with van der Waals surface area (Å²) < 4.78 is 32.3. The van der Waals surface area contributed by atoms with Gasteiger partial charge in [-0.05, 0) is 24.6 Å². The number of nitrogens with one attached hydrogen (secondary N) is 2. The molecule has 1 heterocycles. The number of methoxy groups -OCH3 is 1. The van der Waals surface area contributed by atoms with Gasteiger partial charge >= 0.3 is 0 Å². The van der Waals surface area contributed by atoms with Crippen molar-refractivity contribution in [3.8, 4) is 5.75 Å². The van der Waals surface area contributed by atoms with Gasteiger partial charge in [-0.15, -0.1) is 10.2 Å². The van der Waals surface area contributed by atoms with E-state index in [2.05, 4.69) is 20.2 Å². The number of nitrogens with zero attached hydrogens (tertiary/aromatic N) is 2. The number of amides is 1. The smallest absolute Gasteiger partial charge is 0.263 e. The fraction of sp³-hybridized carbons (Fsp3) is 0.308. The summed E-state index contributed by atoms with van der Waals surface area (Å²) >= 11 is 1.17. The van der Waals surface area contributed by atoms with Crippen LogP contribution >= 0.6 is 11.3 Å². The minimum absolute atomic E-state index is 0.0182. The van der Waals surface area contributed by atoms with E-state index in [1.165, 1.54) is 43.6 Å². The average molecular weight is 356 g/mol. The van der Waals surface area contributed by atoms with Crippen molar-refractivity contribution >= 4 is 38.1 Å². The highest BCUT2D eigenvalue weighted by Crippen LogP contribution is 2.29. The first-order valence-electron chi connectivity index (χ1n) is 6.66. The van der Waals surface area contributed by atoms with Crippen molar-refractivity contribution in [2.45, 2.75) is 25.2 Å². The molecule has 2 N–H and O–H groups in total. The lowest BCUT2D eigenvalue weighted by atomic mass is 10.3. The summed E-state index contributed by atoms with van der Waals surface area (Å²) in [5.41, 5.74) is 0.273. The molecule has 2 aromatic rings. The molecule has 0 atom stereocenters. The van der Waals surface area contributed by atoms with Gasteiger partial charge < -0.3 is 10.1 Å². The molecule has 0 spiro atoms. The molecule has 1 aromatic heterocycles. The second-order valence-electron chi connectivity index (χ2n) is 4.50. The Kier molecular flexibility index (Phi) is 5.16. The van der Waals surface area contributed by atoms with Crippen LogP contribution < -0.4 is 14.8 Å². The molecule has 0 aliphatic rings. The standard InChI is InChI=1S/C13H16N4O4S2/c1-4-12-15-16-13(22-12)17-23(19,20)9-5-6-11(21-3)10(7-9)14-8(2)18/h5-7H,4H2,1-3H3,(H,14,18)(H,16,17). The summed E-state index contributed by atoms with van der Waals surface area (Å²) in [6.45, 7) is 3.23. The zero-order valence-electron chi connectivity index (χ0n) is 12.8. The third-order valence-corrected chi connectivity index (χ3v) is 5.23. The molecule has 23 heavy (non-hydrogen) atoms. The third kappa shape index (κ3) is 4.17. The number of aromatic nitrogens is 2. The largest absolute Gasteiger partial charge is 0.495 e. The van der Waals surface area contributed by atoms with E-state index in [4.69, 9.17) is 4.74 Å². The highest BCUT2D eigenvalue weighted by Gasteiger charge is 2.19. The maximum atomic E-state index is 12.4. The minimum Gasteiger partial charge on any atom is -0.495 e. The lowest BCUT2D eigenvalue weighted by Gasteiger charge is -2.11. The Balaban J connectivity index is 2.33. The van der Waals surface area contributed by atoms with Gasteiger partial charge in [-0.1, -0.05) is 18.3 Å². The Morgan fingerprint density at radius 3 is 2.65 bits per heavy atom. The molecule has 1 amide bonds. The van der Waals surface area contributed by atoms with Gasteiger partial charge in [0.2, 0.25) is 11.0 Å². The predicted octanol–water partition coefficient (Wildman–Crippen LogP) is 1.87. The van der Waals surface area contributed by atoms with Crippen LogP contribution in [0.3, 0.4) is 0 Å². The van der Waals surface area contributed by atoms with Crippen molar-refractivity contribution in [3.63, 3.8) is 0 Å². The van der Waals surface area contributed by atoms with Gasteiger partial charge in [0.25, 0.3) is 10.0 Å². The van der Waals surface area contributed by atoms with E-state index >= 15 is 0 Å². The lowest BCUT2D eigenvalue weighted by Crippen LogP contribution is -2.14. The molecule has 0 saturated heterocycles. The molecular weight excluding hydrogens is 340 g/mol. The Hall–Kier alpha value is -2.20. The Morgan fingerprint density at radius 1 is 1.35 bits per heavy atom. The molecule has 0 bridgehead atoms. The summed E-state index contributed by atoms with van der Waals surface area (Å²) in [5, 5.41) is 11.1. The number of hydrogen-bond donors (Lipinski definition) is 2. The van der Waals surface area contributed by atoms with E-state index < -0.39 is 10.0 Å². The fourth-order valence-electron chi connectivity index (χ4n) is 1.75. The zero-order valence-corrected chi connectivity index (χ0v) is 14.4. The monoisotopic (exact) mass is 356 g/mol. The molecule has 0 unspecified atom stereocenters. The molecule has 10 heteroatoms. The number of hydrogen-bond acceptors (Lipinski definition) is 7. The first kappa shape index (κ1) is 17.2. The van der Waals surface area contributed by atoms with Crippen LogP contribution in [0.2, 0.25) is 0 Å². The predicted molar refractivity (Wildman–Crippen MR) is 87.4 cm³/mol. The van der Waals surface area contributed by atoms with Gasteiger partial charge in [0.1, 0.15) is 10.8 Å². The number of carbonyl (C=O) groups excluding carboxylic acids is 1. The number of carbonyl (C=O) groups is 1. The van der Waals surface area contributed by atoms with Crippen molar-refractivity contribution in [1.82, 2.24) is 10.2 Å². The minimum atomic E-state index is -3.84. The van der Waals surface area contributed by atoms with Gasteiger partial charge in [-0.2, -0.15) is 0 Å². The van der Waals surface area contributed by atoms with Crippen molar-refractivity contribution < 1.29 is 17.9 Å². The fourth-order valence-corrected chi connectivity index (χ4v) is 3.69. The number of ether oxygens (including phenoxy) is 1. The quantitative estimate of drug-likeness (QED) is 0.817. The molecule has 0 aliphatic carbocycles. The van der Waals surface area contributed by atoms with Crippen LogP contribution in [0.1, 0.15) is 18.9 Å². The highest BCUT2D eigenvalue weighted by molar-refractivity contribution is 7.93. The molecule has 124 valence electrons. The normalized spacial score (nSPS) is 11.1. The number of sulfonamides is 1. The Bertz CT molecular complexity index is 817. The van der Waals surface area contributed by atoms with Crippen LogP contribution in [-0.2, 0) is 21.2 Å². The van der Waals surface area contributed by atoms with Gasteiger partial charge in [0.15, 0.2) is 0 Å². The van der Waals surface area contributed by atoms with E-state index in [-0.39, 0.29) is 21.6 Å². The summed E-state index contributed by atoms with van der Waals surface area (Å²) in [4.78, 5) is 11.2. The summed E-state index contributed by atoms with van der Waals surface area (Å²) in [6.07, 6.45) is 0.675. The summed E-state index contributed by atoms with van der Waals surface area (Å²) in [7, 11) is -2.41. The second kappa shape index (κ2) is 6.92. The molecule has 0 saturated carbocycles. The molecule has 0 radical (unpaired) electrons. The number of anilines is 2. The maximum absolute atomic E-state index is 12.4. The zero-order chi connectivity index (χ0) is 17.0. The van der Waals surface area contributed by atoms with E-state index in [0.29, 0.717) is 12.2 Å². The number of benzene rings is 1. The molecule has 0 fully saturated rings. The molecular formula is C13H16N4O4S2. The molecule has 2 rings (SSSR count). The first-order chi connectivity index (χ1) is 10.9. The molecule has 8 nitrogen and oxygen atoms in total. The van der Waals surface area contributed by atoms with Crippen LogP contribution in [0.15, 0.2) is 23.1 Å². The van der Waals surface area contributed by atoms with E-state index in [1.54, 1.807) is 0 Å². The van der Waals surface area contributed by atoms with Crippen LogP contribution in [0.25, 0.3) is 0 Å². The number of aryl methyl sites for hydroxylation is 1. The highest BCUT2D eigenvalue weighted by atomic mass is 32.2. The van der Waals surface area contributed by atoms with Crippen LogP contribution in [0, 0.1) is 0 Å². The van der Waals surface area contributed by atoms with Gasteiger partial charge in [0, 0.05) is 6.92 Å². The van der Waals surface area contributed by atoms with E-state index in [0.717, 1.165) is 5.01 Å². The van der Waals surface area contributed by atoms with Gasteiger partial charge in [0.05, 0.1) is 17.7 Å². The Morgan fingerprint density at radius 2 is 2.09 bits per heavy atom. The summed E-state index contributed by atoms with van der Waals surface area (Å²) in [5.74, 6) is 0.0332. The SMILES string of the molecule is CCc1nnc(NS(=O)(=O)c2ccc(OC)c(NC(C)=O)c2)s1. The lowest BCUT2D eigenvalue weighted by molar-refractivity contribution is -0.114. The van der Waals surface area contributed by atoms with Crippen LogP contribution in [0.5, 0.6) is 5.75 Å². The topological polar surface area (TPSA) is 110 Å². The average Bonchev–Trinajstić information content (AvgIpc) is 2.93. The first-order valence-corrected chi connectivity index (χ1v) is 8.96. The summed E-state index contributed by atoms with van der Waals surface area (Å²) in [6, 6.07) is 4.18. The van der Waals surface area contributed by atoms with Crippen molar-refractivity contribution in [3.05, 3.63) is 23.2 Å². The van der Waals surface area contributed by atoms with E-state index in [1.807, 2.05) is 6.92 Å². The third-order valence-electron chi connectivity index (χ3n) is 2.78. The van der Waals surface area contributed by atoms with E-state index in [9.17, 15) is 13.2 Å². The Labute approximate surface area is 137 Å². The second-order valence-corrected chi connectivity index (χ2v) is 7.25. The molecule has 1 aromatic carbocycles. The van der Waals surface area contributed by atoms with Crippen molar-refractivity contribution in [2.24, 2.45) is 0 Å². The van der Waals surface area contributed by atoms with Crippen LogP contribution in [-0.4, -0.2) is 31.6 Å². The van der Waals surface area contributed by atoms with Gasteiger partial charge in [-0.3, -0.25) is 9.52 Å². The molecule has 0 aliphatic heterocycles. The van der Waals surface area contributed by atoms with Crippen LogP contribution in [0.4, 0.5) is 10.8 Å². The van der Waals surface area contributed by atoms with Crippen molar-refractivity contribution in [1.29, 1.82) is 0 Å². The number of rotatable bonds is 6.